The average molecular weight is 591 g/mol. The molecule has 2 aliphatic heterocycles. The fourth-order valence-corrected chi connectivity index (χ4v) is 4.58. The molecular weight excluding hydrogens is 574 g/mol. The van der Waals surface area contributed by atoms with Crippen LogP contribution < -0.4 is 9.83 Å². The van der Waals surface area contributed by atoms with Gasteiger partial charge >= 0.3 is 0 Å². The summed E-state index contributed by atoms with van der Waals surface area (Å²) in [5.41, 5.74) is 0. The number of hydrogen-bond donors (Lipinski definition) is 5. The van der Waals surface area contributed by atoms with Crippen LogP contribution in [-0.4, -0.2) is 133 Å². The zero-order valence-corrected chi connectivity index (χ0v) is 19.5. The first-order valence-corrected chi connectivity index (χ1v) is 13.1. The van der Waals surface area contributed by atoms with Crippen molar-refractivity contribution in [3.63, 3.8) is 0 Å². The van der Waals surface area contributed by atoms with E-state index in [4.69, 9.17) is 14.2 Å². The predicted octanol–water partition coefficient (Wildman–Crippen LogP) is -8.61. The molecule has 0 unspecified atom stereocenters. The molecule has 2 heterocycles. The van der Waals surface area contributed by atoms with Gasteiger partial charge in [-0.2, -0.15) is 0 Å². The molecule has 0 saturated carbocycles. The van der Waals surface area contributed by atoms with Crippen molar-refractivity contribution in [2.24, 2.45) is 0 Å². The minimum atomic E-state index is -5.75. The third-order valence-corrected chi connectivity index (χ3v) is 6.09. The Morgan fingerprint density at radius 3 is 1.92 bits per heavy atom. The van der Waals surface area contributed by atoms with E-state index in [1.807, 2.05) is 0 Å². The maximum Gasteiger partial charge on any atom is 0.218 e. The molecule has 2 rings (SSSR count). The highest BCUT2D eigenvalue weighted by molar-refractivity contribution is 7.83. The summed E-state index contributed by atoms with van der Waals surface area (Å²) in [6.07, 6.45) is -22.1. The van der Waals surface area contributed by atoms with Crippen LogP contribution in [0.25, 0.3) is 0 Å². The lowest BCUT2D eigenvalue weighted by Gasteiger charge is -2.47. The minimum Gasteiger partial charge on any atom is -0.735 e. The molecule has 2 aliphatic rings. The first-order chi connectivity index (χ1) is 16.2. The molecule has 5 N–H and O–H groups in total. The lowest BCUT2D eigenvalue weighted by atomic mass is 9.96. The Morgan fingerprint density at radius 2 is 1.44 bits per heavy atom. The Labute approximate surface area is 201 Å². The van der Waals surface area contributed by atoms with Gasteiger partial charge in [-0.15, -0.1) is 0 Å². The van der Waals surface area contributed by atoms with Crippen molar-refractivity contribution >= 4 is 37.1 Å². The molecule has 0 radical (unpaired) electrons. The van der Waals surface area contributed by atoms with E-state index in [0.29, 0.717) is 0 Å². The van der Waals surface area contributed by atoms with E-state index in [0.717, 1.165) is 0 Å². The van der Waals surface area contributed by atoms with Crippen LogP contribution in [-0.2, 0) is 58.5 Å². The largest absolute Gasteiger partial charge is 0.735 e. The number of carbonyl (C=O) groups is 1. The van der Waals surface area contributed by atoms with Crippen molar-refractivity contribution in [1.82, 2.24) is 4.72 Å². The van der Waals surface area contributed by atoms with Crippen molar-refractivity contribution in [3.05, 3.63) is 0 Å². The third-order valence-electron chi connectivity index (χ3n) is 4.65. The summed E-state index contributed by atoms with van der Waals surface area (Å²) in [5.74, 6) is -2.22. The third kappa shape index (κ3) is 8.41. The molecule has 0 aromatic carbocycles. The maximum absolute atomic E-state index is 11.2. The topological polar surface area (TPSA) is 351 Å². The zero-order chi connectivity index (χ0) is 27.8. The van der Waals surface area contributed by atoms with Crippen molar-refractivity contribution < 1.29 is 91.8 Å². The molecular formula is C12H17NO20S3-4. The van der Waals surface area contributed by atoms with E-state index in [-0.39, 0.29) is 0 Å². The Kier molecular flexibility index (Phi) is 9.71. The van der Waals surface area contributed by atoms with E-state index in [2.05, 4.69) is 8.37 Å². The normalized spacial score (nSPS) is 38.5. The van der Waals surface area contributed by atoms with Crippen molar-refractivity contribution in [2.45, 2.75) is 61.3 Å². The van der Waals surface area contributed by atoms with Crippen LogP contribution in [0.1, 0.15) is 0 Å². The van der Waals surface area contributed by atoms with Gasteiger partial charge in [0.2, 0.25) is 20.8 Å². The number of rotatable bonds is 10. The van der Waals surface area contributed by atoms with Crippen molar-refractivity contribution in [3.8, 4) is 0 Å². The molecule has 0 aromatic heterocycles. The minimum absolute atomic E-state index is 1.19. The Balaban J connectivity index is 2.46. The fourth-order valence-electron chi connectivity index (χ4n) is 3.22. The summed E-state index contributed by atoms with van der Waals surface area (Å²) in [4.78, 5) is 11.2. The number of aliphatic hydroxyl groups excluding tert-OH is 4. The van der Waals surface area contributed by atoms with Gasteiger partial charge in [0.25, 0.3) is 0 Å². The van der Waals surface area contributed by atoms with E-state index in [1.165, 1.54) is 4.72 Å². The summed E-state index contributed by atoms with van der Waals surface area (Å²) in [7, 11) is -16.7. The van der Waals surface area contributed by atoms with E-state index < -0.39 is 105 Å². The summed E-state index contributed by atoms with van der Waals surface area (Å²) < 4.78 is 122. The first-order valence-electron chi connectivity index (χ1n) is 9.07. The second-order valence-corrected chi connectivity index (χ2v) is 10.3. The molecule has 24 heteroatoms. The van der Waals surface area contributed by atoms with Crippen LogP contribution >= 0.6 is 0 Å². The number of aliphatic carboxylic acids is 1. The van der Waals surface area contributed by atoms with Gasteiger partial charge < -0.3 is 58.2 Å². The van der Waals surface area contributed by atoms with E-state index in [9.17, 15) is 69.2 Å². The monoisotopic (exact) mass is 591 g/mol. The standard InChI is InChI=1S/C12H21NO20S3/c14-4-3(13-34(20,21)22)11(19)30-2(1-29-35(23,24)25)7(4)31-12-9(33-36(26,27)28)6(16)5(15)8(32-12)10(17)18/h2-9,11-16,19H,1H2,(H,17,18)(H,20,21,22)(H,23,24,25)(H,26,27,28)/p-4/t2-,3+,4-,5+,6+,7+,8+,9-,11+,12-/m1/s1. The summed E-state index contributed by atoms with van der Waals surface area (Å²) in [6, 6.07) is -2.30. The summed E-state index contributed by atoms with van der Waals surface area (Å²) in [6.45, 7) is -1.39. The first kappa shape index (κ1) is 31.0. The molecule has 2 fully saturated rings. The number of hydrogen-bond acceptors (Lipinski definition) is 20. The number of carboxylic acids is 1. The van der Waals surface area contributed by atoms with Crippen LogP contribution in [0.5, 0.6) is 0 Å². The van der Waals surface area contributed by atoms with Gasteiger partial charge in [0.15, 0.2) is 29.0 Å². The van der Waals surface area contributed by atoms with Gasteiger partial charge in [-0.25, -0.2) is 30.0 Å². The molecule has 0 aliphatic carbocycles. The number of nitrogens with one attached hydrogen (secondary N) is 1. The van der Waals surface area contributed by atoms with Gasteiger partial charge in [0.1, 0.15) is 42.7 Å². The van der Waals surface area contributed by atoms with Gasteiger partial charge in [0, 0.05) is 0 Å². The van der Waals surface area contributed by atoms with Gasteiger partial charge in [-0.05, 0) is 0 Å². The molecule has 21 nitrogen and oxygen atoms in total. The highest BCUT2D eigenvalue weighted by atomic mass is 32.3. The highest BCUT2D eigenvalue weighted by Crippen LogP contribution is 2.31. The predicted molar refractivity (Wildman–Crippen MR) is 94.3 cm³/mol. The molecule has 2 saturated heterocycles. The number of carboxylic acid groups (broad SMARTS) is 1. The van der Waals surface area contributed by atoms with Crippen LogP contribution in [0.15, 0.2) is 0 Å². The zero-order valence-electron chi connectivity index (χ0n) is 17.0. The lowest BCUT2D eigenvalue weighted by molar-refractivity contribution is -0.362. The Bertz CT molecular complexity index is 1100. The molecule has 10 atom stereocenters. The Hall–Kier alpha value is -1.20. The SMILES string of the molecule is O=C([O-])[C@H]1O[C@@H](O[C@@H]2[C@H](O)[C@H](NS(=O)(=O)[O-])[C@@H](O)O[C@@H]2COS(=O)(=O)[O-])[C@H](OS(=O)(=O)[O-])[C@@H](O)[C@@H]1O. The van der Waals surface area contributed by atoms with Crippen molar-refractivity contribution in [2.75, 3.05) is 6.61 Å². The average Bonchev–Trinajstić information content (AvgIpc) is 2.68. The van der Waals surface area contributed by atoms with E-state index in [1.54, 1.807) is 0 Å². The van der Waals surface area contributed by atoms with Gasteiger partial charge in [0.05, 0.1) is 12.6 Å². The highest BCUT2D eigenvalue weighted by Gasteiger charge is 2.52. The van der Waals surface area contributed by atoms with Gasteiger partial charge in [-0.1, -0.05) is 0 Å². The molecule has 0 aromatic rings. The molecule has 0 spiro atoms. The smallest absolute Gasteiger partial charge is 0.218 e. The fraction of sp³-hybridized carbons (Fsp3) is 0.917. The number of ether oxygens (including phenoxy) is 3. The quantitative estimate of drug-likeness (QED) is 0.116. The maximum atomic E-state index is 11.2. The molecule has 0 amide bonds. The van der Waals surface area contributed by atoms with Crippen LogP contribution in [0, 0.1) is 0 Å². The van der Waals surface area contributed by atoms with Crippen molar-refractivity contribution in [1.29, 1.82) is 0 Å². The van der Waals surface area contributed by atoms with E-state index >= 15 is 0 Å². The summed E-state index contributed by atoms with van der Waals surface area (Å²) in [5, 5.41) is 51.5. The molecule has 0 bridgehead atoms. The second-order valence-electron chi connectivity index (χ2n) is 7.14. The van der Waals surface area contributed by atoms with Crippen LogP contribution in [0.4, 0.5) is 0 Å². The number of carbonyl (C=O) groups excluding carboxylic acids is 1. The summed E-state index contributed by atoms with van der Waals surface area (Å²) >= 11 is 0. The van der Waals surface area contributed by atoms with Crippen LogP contribution in [0.2, 0.25) is 0 Å². The van der Waals surface area contributed by atoms with Gasteiger partial charge in [-0.3, -0.25) is 8.37 Å². The number of aliphatic hydroxyl groups is 4. The molecule has 212 valence electrons. The Morgan fingerprint density at radius 1 is 0.861 bits per heavy atom. The molecule has 36 heavy (non-hydrogen) atoms. The van der Waals surface area contributed by atoms with Crippen LogP contribution in [0.3, 0.4) is 0 Å². The lowest BCUT2D eigenvalue weighted by Crippen LogP contribution is -2.68. The second kappa shape index (κ2) is 11.3.